The van der Waals surface area contributed by atoms with Gasteiger partial charge in [0.25, 0.3) is 0 Å². The molecule has 7 nitrogen and oxygen atoms in total. The second-order valence-corrected chi connectivity index (χ2v) is 8.95. The first-order valence-electron chi connectivity index (χ1n) is 9.74. The van der Waals surface area contributed by atoms with Gasteiger partial charge in [-0.15, -0.1) is 0 Å². The fourth-order valence-electron chi connectivity index (χ4n) is 3.26. The Labute approximate surface area is 175 Å². The largest absolute Gasteiger partial charge is 0.340 e. The maximum Gasteiger partial charge on any atom is 0.243 e. The van der Waals surface area contributed by atoms with E-state index in [1.54, 1.807) is 53.0 Å². The average Bonchev–Trinajstić information content (AvgIpc) is 2.77. The Morgan fingerprint density at radius 3 is 2.17 bits per heavy atom. The lowest BCUT2D eigenvalue weighted by atomic mass is 10.2. The van der Waals surface area contributed by atoms with Crippen LogP contribution in [0.3, 0.4) is 0 Å². The van der Waals surface area contributed by atoms with Crippen molar-refractivity contribution < 1.29 is 12.8 Å². The summed E-state index contributed by atoms with van der Waals surface area (Å²) in [4.78, 5) is 8.84. The zero-order valence-electron chi connectivity index (χ0n) is 16.3. The molecule has 0 saturated carbocycles. The van der Waals surface area contributed by atoms with Gasteiger partial charge in [0, 0.05) is 30.7 Å². The van der Waals surface area contributed by atoms with Crippen molar-refractivity contribution in [3.63, 3.8) is 0 Å². The molecular formula is C21H22FN5O2S. The first-order chi connectivity index (χ1) is 14.5. The number of rotatable bonds is 6. The number of nitrogens with zero attached hydrogens (tertiary/aromatic N) is 3. The number of hydrogen-bond donors (Lipinski definition) is 2. The number of nitrogens with one attached hydrogen (secondary N) is 2. The molecule has 0 radical (unpaired) electrons. The molecule has 2 heterocycles. The van der Waals surface area contributed by atoms with E-state index in [-0.39, 0.29) is 10.7 Å². The van der Waals surface area contributed by atoms with Gasteiger partial charge in [-0.2, -0.15) is 9.29 Å². The van der Waals surface area contributed by atoms with Gasteiger partial charge >= 0.3 is 0 Å². The topological polar surface area (TPSA) is 87.2 Å². The van der Waals surface area contributed by atoms with Crippen molar-refractivity contribution in [1.29, 1.82) is 0 Å². The summed E-state index contributed by atoms with van der Waals surface area (Å²) in [6.07, 6.45) is 4.47. The third-order valence-corrected chi connectivity index (χ3v) is 6.75. The van der Waals surface area contributed by atoms with E-state index in [1.807, 2.05) is 0 Å². The molecule has 1 saturated heterocycles. The van der Waals surface area contributed by atoms with E-state index in [4.69, 9.17) is 0 Å². The molecule has 2 aromatic carbocycles. The molecule has 0 spiro atoms. The quantitative estimate of drug-likeness (QED) is 0.611. The Morgan fingerprint density at radius 1 is 0.833 bits per heavy atom. The first kappa shape index (κ1) is 20.2. The number of hydrogen-bond acceptors (Lipinski definition) is 6. The van der Waals surface area contributed by atoms with Crippen LogP contribution in [0.25, 0.3) is 0 Å². The van der Waals surface area contributed by atoms with Gasteiger partial charge in [-0.1, -0.05) is 6.42 Å². The van der Waals surface area contributed by atoms with Crippen LogP contribution in [0.4, 0.5) is 27.5 Å². The monoisotopic (exact) mass is 427 g/mol. The molecule has 9 heteroatoms. The van der Waals surface area contributed by atoms with Crippen LogP contribution in [0.1, 0.15) is 19.3 Å². The summed E-state index contributed by atoms with van der Waals surface area (Å²) in [5, 5.41) is 6.15. The van der Waals surface area contributed by atoms with Gasteiger partial charge in [-0.3, -0.25) is 0 Å². The zero-order chi connectivity index (χ0) is 21.0. The van der Waals surface area contributed by atoms with E-state index >= 15 is 0 Å². The predicted molar refractivity (Wildman–Crippen MR) is 114 cm³/mol. The third kappa shape index (κ3) is 4.74. The van der Waals surface area contributed by atoms with Crippen molar-refractivity contribution in [2.75, 3.05) is 23.7 Å². The molecule has 30 heavy (non-hydrogen) atoms. The Kier molecular flexibility index (Phi) is 5.91. The predicted octanol–water partition coefficient (Wildman–Crippen LogP) is 4.28. The lowest BCUT2D eigenvalue weighted by Crippen LogP contribution is -2.35. The Bertz CT molecular complexity index is 1100. The van der Waals surface area contributed by atoms with Gasteiger partial charge in [0.15, 0.2) is 0 Å². The minimum absolute atomic E-state index is 0.280. The molecular weight excluding hydrogens is 405 g/mol. The molecule has 0 amide bonds. The van der Waals surface area contributed by atoms with Crippen molar-refractivity contribution in [3.05, 3.63) is 66.6 Å². The normalized spacial score (nSPS) is 15.0. The Hall–Kier alpha value is -3.04. The molecule has 1 aliphatic rings. The van der Waals surface area contributed by atoms with Crippen molar-refractivity contribution in [1.82, 2.24) is 14.3 Å². The average molecular weight is 428 g/mol. The highest BCUT2D eigenvalue weighted by Gasteiger charge is 2.25. The highest BCUT2D eigenvalue weighted by molar-refractivity contribution is 7.89. The number of sulfonamides is 1. The summed E-state index contributed by atoms with van der Waals surface area (Å²) >= 11 is 0. The van der Waals surface area contributed by atoms with Crippen LogP contribution in [0.2, 0.25) is 0 Å². The van der Waals surface area contributed by atoms with Crippen molar-refractivity contribution in [3.8, 4) is 0 Å². The SMILES string of the molecule is O=S(=O)(c1ccc(Nc2nccc(Nc3ccc(F)cc3)n2)cc1)N1CCCCC1. The van der Waals surface area contributed by atoms with E-state index in [9.17, 15) is 12.8 Å². The van der Waals surface area contributed by atoms with Crippen molar-refractivity contribution in [2.24, 2.45) is 0 Å². The smallest absolute Gasteiger partial charge is 0.243 e. The molecule has 0 unspecified atom stereocenters. The van der Waals surface area contributed by atoms with Gasteiger partial charge in [0.2, 0.25) is 16.0 Å². The van der Waals surface area contributed by atoms with Crippen LogP contribution in [0, 0.1) is 5.82 Å². The van der Waals surface area contributed by atoms with Crippen LogP contribution in [0.15, 0.2) is 65.7 Å². The van der Waals surface area contributed by atoms with Crippen molar-refractivity contribution in [2.45, 2.75) is 24.2 Å². The number of aromatic nitrogens is 2. The minimum atomic E-state index is -3.46. The van der Waals surface area contributed by atoms with E-state index < -0.39 is 10.0 Å². The maximum absolute atomic E-state index is 13.0. The summed E-state index contributed by atoms with van der Waals surface area (Å²) in [5.41, 5.74) is 1.37. The number of halogens is 1. The Balaban J connectivity index is 1.45. The second-order valence-electron chi connectivity index (χ2n) is 7.01. The van der Waals surface area contributed by atoms with E-state index in [0.29, 0.717) is 36.2 Å². The Morgan fingerprint density at radius 2 is 1.47 bits per heavy atom. The van der Waals surface area contributed by atoms with Crippen LogP contribution in [-0.4, -0.2) is 35.8 Å². The molecule has 0 atom stereocenters. The number of anilines is 4. The summed E-state index contributed by atoms with van der Waals surface area (Å²) < 4.78 is 40.1. The standard InChI is InChI=1S/C21H22FN5O2S/c22-16-4-6-17(7-5-16)24-20-12-13-23-21(26-20)25-18-8-10-19(11-9-18)30(28,29)27-14-2-1-3-15-27/h4-13H,1-3,14-15H2,(H2,23,24,25,26). The fourth-order valence-corrected chi connectivity index (χ4v) is 4.78. The minimum Gasteiger partial charge on any atom is -0.340 e. The summed E-state index contributed by atoms with van der Waals surface area (Å²) in [5.74, 6) is 0.591. The fraction of sp³-hybridized carbons (Fsp3) is 0.238. The molecule has 1 aromatic heterocycles. The van der Waals surface area contributed by atoms with Crippen LogP contribution in [-0.2, 0) is 10.0 Å². The first-order valence-corrected chi connectivity index (χ1v) is 11.2. The van der Waals surface area contributed by atoms with Crippen LogP contribution < -0.4 is 10.6 Å². The van der Waals surface area contributed by atoms with Crippen molar-refractivity contribution >= 4 is 33.2 Å². The summed E-state index contributed by atoms with van der Waals surface area (Å²) in [7, 11) is -3.46. The van der Waals surface area contributed by atoms with Gasteiger partial charge in [0.1, 0.15) is 11.6 Å². The molecule has 0 bridgehead atoms. The molecule has 1 aliphatic heterocycles. The van der Waals surface area contributed by atoms with Crippen LogP contribution >= 0.6 is 0 Å². The molecule has 4 rings (SSSR count). The summed E-state index contributed by atoms with van der Waals surface area (Å²) in [6.45, 7) is 1.15. The molecule has 156 valence electrons. The lowest BCUT2D eigenvalue weighted by Gasteiger charge is -2.25. The van der Waals surface area contributed by atoms with E-state index in [2.05, 4.69) is 20.6 Å². The summed E-state index contributed by atoms with van der Waals surface area (Å²) in [6, 6.07) is 14.2. The highest BCUT2D eigenvalue weighted by atomic mass is 32.2. The van der Waals surface area contributed by atoms with Gasteiger partial charge in [0.05, 0.1) is 4.90 Å². The van der Waals surface area contributed by atoms with E-state index in [1.165, 1.54) is 12.1 Å². The number of benzene rings is 2. The lowest BCUT2D eigenvalue weighted by molar-refractivity contribution is 0.346. The van der Waals surface area contributed by atoms with Gasteiger partial charge in [-0.05, 0) is 67.4 Å². The molecule has 0 aliphatic carbocycles. The molecule has 3 aromatic rings. The van der Waals surface area contributed by atoms with Gasteiger partial charge < -0.3 is 10.6 Å². The highest BCUT2D eigenvalue weighted by Crippen LogP contribution is 2.23. The third-order valence-electron chi connectivity index (χ3n) is 4.84. The molecule has 1 fully saturated rings. The van der Waals surface area contributed by atoms with Gasteiger partial charge in [-0.25, -0.2) is 17.8 Å². The molecule has 2 N–H and O–H groups in total. The second kappa shape index (κ2) is 8.76. The van der Waals surface area contributed by atoms with Crippen LogP contribution in [0.5, 0.6) is 0 Å². The zero-order valence-corrected chi connectivity index (χ0v) is 17.1. The maximum atomic E-state index is 13.0. The van der Waals surface area contributed by atoms with E-state index in [0.717, 1.165) is 19.3 Å². The number of piperidine rings is 1.